The monoisotopic (exact) mass is 223 g/mol. The zero-order valence-electron chi connectivity index (χ0n) is 9.79. The second-order valence-corrected chi connectivity index (χ2v) is 4.06. The number of nitrogens with one attached hydrogen (secondary N) is 1. The van der Waals surface area contributed by atoms with Gasteiger partial charge in [-0.15, -0.1) is 0 Å². The standard InChI is InChI=1S/C13H18FNO/c1-3-4-10(2)15-13(16)9-11-5-7-12(14)8-6-11/h5-8,10H,3-4,9H2,1-2H3,(H,15,16)/t10-/m0/s1. The van der Waals surface area contributed by atoms with Gasteiger partial charge in [0.2, 0.25) is 5.91 Å². The van der Waals surface area contributed by atoms with Gasteiger partial charge in [0.25, 0.3) is 0 Å². The normalized spacial score (nSPS) is 12.2. The molecule has 1 aromatic rings. The van der Waals surface area contributed by atoms with Crippen LogP contribution in [0.4, 0.5) is 4.39 Å². The molecule has 0 aromatic heterocycles. The summed E-state index contributed by atoms with van der Waals surface area (Å²) in [5.41, 5.74) is 0.836. The van der Waals surface area contributed by atoms with Crippen LogP contribution in [-0.4, -0.2) is 11.9 Å². The van der Waals surface area contributed by atoms with E-state index >= 15 is 0 Å². The Balaban J connectivity index is 2.42. The minimum Gasteiger partial charge on any atom is -0.353 e. The Morgan fingerprint density at radius 3 is 2.56 bits per heavy atom. The minimum atomic E-state index is -0.275. The van der Waals surface area contributed by atoms with E-state index in [9.17, 15) is 9.18 Å². The van der Waals surface area contributed by atoms with Crippen LogP contribution in [0.25, 0.3) is 0 Å². The molecule has 1 atom stereocenters. The van der Waals surface area contributed by atoms with E-state index in [1.165, 1.54) is 12.1 Å². The molecule has 1 amide bonds. The predicted octanol–water partition coefficient (Wildman–Crippen LogP) is 2.67. The Kier molecular flexibility index (Phi) is 4.96. The second kappa shape index (κ2) is 6.26. The van der Waals surface area contributed by atoms with E-state index in [4.69, 9.17) is 0 Å². The number of halogens is 1. The highest BCUT2D eigenvalue weighted by Gasteiger charge is 2.07. The summed E-state index contributed by atoms with van der Waals surface area (Å²) in [4.78, 5) is 11.6. The van der Waals surface area contributed by atoms with Gasteiger partial charge in [-0.05, 0) is 31.0 Å². The van der Waals surface area contributed by atoms with Gasteiger partial charge >= 0.3 is 0 Å². The Hall–Kier alpha value is -1.38. The fourth-order valence-electron chi connectivity index (χ4n) is 1.62. The first kappa shape index (κ1) is 12.7. The summed E-state index contributed by atoms with van der Waals surface area (Å²) >= 11 is 0. The predicted molar refractivity (Wildman–Crippen MR) is 62.6 cm³/mol. The molecule has 0 aliphatic rings. The third-order valence-corrected chi connectivity index (χ3v) is 2.41. The van der Waals surface area contributed by atoms with Crippen molar-refractivity contribution in [2.75, 3.05) is 0 Å². The average molecular weight is 223 g/mol. The molecule has 0 aliphatic heterocycles. The number of hydrogen-bond acceptors (Lipinski definition) is 1. The molecule has 0 aliphatic carbocycles. The van der Waals surface area contributed by atoms with Crippen molar-refractivity contribution in [3.05, 3.63) is 35.6 Å². The van der Waals surface area contributed by atoms with Crippen LogP contribution in [0.15, 0.2) is 24.3 Å². The molecule has 1 rings (SSSR count). The molecular weight excluding hydrogens is 205 g/mol. The minimum absolute atomic E-state index is 0.00689. The highest BCUT2D eigenvalue weighted by Crippen LogP contribution is 2.04. The van der Waals surface area contributed by atoms with Gasteiger partial charge in [0.15, 0.2) is 0 Å². The van der Waals surface area contributed by atoms with Gasteiger partial charge in [-0.25, -0.2) is 4.39 Å². The van der Waals surface area contributed by atoms with E-state index in [0.717, 1.165) is 18.4 Å². The summed E-state index contributed by atoms with van der Waals surface area (Å²) < 4.78 is 12.6. The first-order valence-electron chi connectivity index (χ1n) is 5.65. The number of rotatable bonds is 5. The number of carbonyl (C=O) groups is 1. The largest absolute Gasteiger partial charge is 0.353 e. The average Bonchev–Trinajstić information content (AvgIpc) is 2.21. The second-order valence-electron chi connectivity index (χ2n) is 4.06. The van der Waals surface area contributed by atoms with Crippen molar-refractivity contribution in [1.29, 1.82) is 0 Å². The van der Waals surface area contributed by atoms with Crippen molar-refractivity contribution in [3.8, 4) is 0 Å². The van der Waals surface area contributed by atoms with Crippen molar-refractivity contribution >= 4 is 5.91 Å². The Morgan fingerprint density at radius 2 is 2.00 bits per heavy atom. The van der Waals surface area contributed by atoms with Crippen LogP contribution in [0.1, 0.15) is 32.3 Å². The molecule has 2 nitrogen and oxygen atoms in total. The van der Waals surface area contributed by atoms with E-state index in [2.05, 4.69) is 12.2 Å². The third-order valence-electron chi connectivity index (χ3n) is 2.41. The molecule has 88 valence electrons. The van der Waals surface area contributed by atoms with Crippen molar-refractivity contribution in [2.24, 2.45) is 0 Å². The maximum Gasteiger partial charge on any atom is 0.224 e. The summed E-state index contributed by atoms with van der Waals surface area (Å²) in [6.45, 7) is 4.08. The molecule has 1 aromatic carbocycles. The van der Waals surface area contributed by atoms with Crippen LogP contribution in [0.2, 0.25) is 0 Å². The maximum atomic E-state index is 12.6. The van der Waals surface area contributed by atoms with Crippen LogP contribution in [0, 0.1) is 5.82 Å². The summed E-state index contributed by atoms with van der Waals surface area (Å²) in [5.74, 6) is -0.281. The van der Waals surface area contributed by atoms with Crippen molar-refractivity contribution in [2.45, 2.75) is 39.2 Å². The molecular formula is C13H18FNO. The van der Waals surface area contributed by atoms with Gasteiger partial charge in [0, 0.05) is 6.04 Å². The van der Waals surface area contributed by atoms with E-state index in [-0.39, 0.29) is 17.8 Å². The SMILES string of the molecule is CCC[C@H](C)NC(=O)Cc1ccc(F)cc1. The van der Waals surface area contributed by atoms with E-state index in [1.807, 2.05) is 6.92 Å². The van der Waals surface area contributed by atoms with Crippen molar-refractivity contribution < 1.29 is 9.18 Å². The third kappa shape index (κ3) is 4.43. The van der Waals surface area contributed by atoms with Gasteiger partial charge in [0.1, 0.15) is 5.82 Å². The first-order valence-corrected chi connectivity index (χ1v) is 5.65. The number of carbonyl (C=O) groups excluding carboxylic acids is 1. The van der Waals surface area contributed by atoms with Gasteiger partial charge < -0.3 is 5.32 Å². The lowest BCUT2D eigenvalue weighted by Gasteiger charge is -2.12. The molecule has 0 saturated carbocycles. The summed E-state index contributed by atoms with van der Waals surface area (Å²) in [5, 5.41) is 2.91. The molecule has 0 fully saturated rings. The fraction of sp³-hybridized carbons (Fsp3) is 0.462. The van der Waals surface area contributed by atoms with Crippen LogP contribution in [-0.2, 0) is 11.2 Å². The molecule has 0 heterocycles. The number of hydrogen-bond donors (Lipinski definition) is 1. The van der Waals surface area contributed by atoms with E-state index in [1.54, 1.807) is 12.1 Å². The molecule has 1 N–H and O–H groups in total. The van der Waals surface area contributed by atoms with Gasteiger partial charge in [0.05, 0.1) is 6.42 Å². The Morgan fingerprint density at radius 1 is 1.38 bits per heavy atom. The summed E-state index contributed by atoms with van der Waals surface area (Å²) in [6.07, 6.45) is 2.35. The van der Waals surface area contributed by atoms with Gasteiger partial charge in [-0.3, -0.25) is 4.79 Å². The maximum absolute atomic E-state index is 12.6. The highest BCUT2D eigenvalue weighted by molar-refractivity contribution is 5.78. The number of amides is 1. The van der Waals surface area contributed by atoms with E-state index < -0.39 is 0 Å². The molecule has 0 radical (unpaired) electrons. The van der Waals surface area contributed by atoms with E-state index in [0.29, 0.717) is 6.42 Å². The van der Waals surface area contributed by atoms with Crippen LogP contribution >= 0.6 is 0 Å². The van der Waals surface area contributed by atoms with Gasteiger partial charge in [-0.1, -0.05) is 25.5 Å². The Labute approximate surface area is 95.9 Å². The first-order chi connectivity index (χ1) is 7.61. The van der Waals surface area contributed by atoms with Crippen LogP contribution in [0.3, 0.4) is 0 Å². The number of benzene rings is 1. The molecule has 16 heavy (non-hydrogen) atoms. The molecule has 0 spiro atoms. The lowest BCUT2D eigenvalue weighted by Crippen LogP contribution is -2.33. The molecule has 0 unspecified atom stereocenters. The zero-order chi connectivity index (χ0) is 12.0. The van der Waals surface area contributed by atoms with Crippen LogP contribution in [0.5, 0.6) is 0 Å². The molecule has 3 heteroatoms. The molecule has 0 bridgehead atoms. The lowest BCUT2D eigenvalue weighted by atomic mass is 10.1. The quantitative estimate of drug-likeness (QED) is 0.817. The topological polar surface area (TPSA) is 29.1 Å². The smallest absolute Gasteiger partial charge is 0.224 e. The molecule has 0 saturated heterocycles. The summed E-state index contributed by atoms with van der Waals surface area (Å²) in [6, 6.07) is 6.23. The Bertz CT molecular complexity index is 334. The fourth-order valence-corrected chi connectivity index (χ4v) is 1.62. The highest BCUT2D eigenvalue weighted by atomic mass is 19.1. The summed E-state index contributed by atoms with van der Waals surface area (Å²) in [7, 11) is 0. The van der Waals surface area contributed by atoms with Crippen molar-refractivity contribution in [1.82, 2.24) is 5.32 Å². The van der Waals surface area contributed by atoms with Gasteiger partial charge in [-0.2, -0.15) is 0 Å². The zero-order valence-corrected chi connectivity index (χ0v) is 9.79. The van der Waals surface area contributed by atoms with Crippen molar-refractivity contribution in [3.63, 3.8) is 0 Å². The van der Waals surface area contributed by atoms with Crippen LogP contribution < -0.4 is 5.32 Å². The lowest BCUT2D eigenvalue weighted by molar-refractivity contribution is -0.121.